The Morgan fingerprint density at radius 2 is 1.85 bits per heavy atom. The number of hydrogen-bond acceptors (Lipinski definition) is 4. The van der Waals surface area contributed by atoms with Crippen LogP contribution in [0.2, 0.25) is 0 Å². The van der Waals surface area contributed by atoms with Crippen molar-refractivity contribution in [1.82, 2.24) is 10.4 Å². The van der Waals surface area contributed by atoms with E-state index in [1.807, 2.05) is 19.2 Å². The standard InChI is InChI=1S/C16H21N3O/c1-10-5-6-14(16(20-4)12(10)3)15(19-17)13-7-8-18-9-11(13)2/h5-9,15,19H,17H2,1-4H3. The zero-order chi connectivity index (χ0) is 14.7. The van der Waals surface area contributed by atoms with Crippen LogP contribution < -0.4 is 16.0 Å². The summed E-state index contributed by atoms with van der Waals surface area (Å²) in [6, 6.07) is 6.01. The average molecular weight is 271 g/mol. The number of rotatable bonds is 4. The molecule has 1 aromatic carbocycles. The van der Waals surface area contributed by atoms with Crippen molar-refractivity contribution in [2.45, 2.75) is 26.8 Å². The van der Waals surface area contributed by atoms with E-state index in [0.717, 1.165) is 28.0 Å². The van der Waals surface area contributed by atoms with Crippen LogP contribution in [0.25, 0.3) is 0 Å². The van der Waals surface area contributed by atoms with Gasteiger partial charge in [0, 0.05) is 18.0 Å². The van der Waals surface area contributed by atoms with Crippen LogP contribution in [0.4, 0.5) is 0 Å². The smallest absolute Gasteiger partial charge is 0.127 e. The lowest BCUT2D eigenvalue weighted by atomic mass is 9.93. The van der Waals surface area contributed by atoms with Crippen LogP contribution in [0.15, 0.2) is 30.6 Å². The Hall–Kier alpha value is -1.91. The molecule has 2 aromatic rings. The van der Waals surface area contributed by atoms with Gasteiger partial charge in [-0.3, -0.25) is 10.8 Å². The SMILES string of the molecule is COc1c(C(NN)c2ccncc2C)ccc(C)c1C. The summed E-state index contributed by atoms with van der Waals surface area (Å²) < 4.78 is 5.59. The molecule has 0 aliphatic rings. The van der Waals surface area contributed by atoms with Gasteiger partial charge < -0.3 is 4.74 Å². The second-order valence-corrected chi connectivity index (χ2v) is 4.96. The van der Waals surface area contributed by atoms with Crippen molar-refractivity contribution in [1.29, 1.82) is 0 Å². The molecule has 4 nitrogen and oxygen atoms in total. The first kappa shape index (κ1) is 14.5. The number of nitrogens with two attached hydrogens (primary N) is 1. The minimum Gasteiger partial charge on any atom is -0.496 e. The van der Waals surface area contributed by atoms with Crippen molar-refractivity contribution in [3.05, 3.63) is 58.4 Å². The third kappa shape index (κ3) is 2.53. The monoisotopic (exact) mass is 271 g/mol. The minimum atomic E-state index is -0.118. The Morgan fingerprint density at radius 1 is 1.10 bits per heavy atom. The van der Waals surface area contributed by atoms with Crippen LogP contribution in [-0.4, -0.2) is 12.1 Å². The van der Waals surface area contributed by atoms with E-state index in [1.165, 1.54) is 5.56 Å². The largest absolute Gasteiger partial charge is 0.496 e. The number of benzene rings is 1. The quantitative estimate of drug-likeness (QED) is 0.663. The molecule has 0 fully saturated rings. The fourth-order valence-corrected chi connectivity index (χ4v) is 2.46. The van der Waals surface area contributed by atoms with Crippen LogP contribution in [0.1, 0.15) is 33.9 Å². The summed E-state index contributed by atoms with van der Waals surface area (Å²) >= 11 is 0. The molecule has 1 unspecified atom stereocenters. The number of pyridine rings is 1. The molecule has 1 aromatic heterocycles. The maximum absolute atomic E-state index is 5.79. The second kappa shape index (κ2) is 6.03. The van der Waals surface area contributed by atoms with Gasteiger partial charge in [0.25, 0.3) is 0 Å². The topological polar surface area (TPSA) is 60.2 Å². The molecule has 106 valence electrons. The van der Waals surface area contributed by atoms with Gasteiger partial charge in [-0.15, -0.1) is 0 Å². The van der Waals surface area contributed by atoms with Crippen molar-refractivity contribution in [2.24, 2.45) is 5.84 Å². The Morgan fingerprint density at radius 3 is 2.45 bits per heavy atom. The Bertz CT molecular complexity index is 611. The molecule has 20 heavy (non-hydrogen) atoms. The first-order chi connectivity index (χ1) is 9.60. The molecule has 0 radical (unpaired) electrons. The maximum atomic E-state index is 5.79. The molecule has 3 N–H and O–H groups in total. The van der Waals surface area contributed by atoms with E-state index in [-0.39, 0.29) is 6.04 Å². The normalized spacial score (nSPS) is 12.2. The molecule has 0 spiro atoms. The van der Waals surface area contributed by atoms with Gasteiger partial charge >= 0.3 is 0 Å². The van der Waals surface area contributed by atoms with E-state index in [9.17, 15) is 0 Å². The Kier molecular flexibility index (Phi) is 4.37. The van der Waals surface area contributed by atoms with Crippen LogP contribution in [0.5, 0.6) is 5.75 Å². The average Bonchev–Trinajstić information content (AvgIpc) is 2.45. The summed E-state index contributed by atoms with van der Waals surface area (Å²) in [5, 5.41) is 0. The fourth-order valence-electron chi connectivity index (χ4n) is 2.46. The molecular weight excluding hydrogens is 250 g/mol. The first-order valence-electron chi connectivity index (χ1n) is 6.60. The van der Waals surface area contributed by atoms with Crippen LogP contribution in [0, 0.1) is 20.8 Å². The number of methoxy groups -OCH3 is 1. The number of hydrogen-bond donors (Lipinski definition) is 2. The number of nitrogens with one attached hydrogen (secondary N) is 1. The predicted molar refractivity (Wildman–Crippen MR) is 80.6 cm³/mol. The lowest BCUT2D eigenvalue weighted by Gasteiger charge is -2.22. The Balaban J connectivity index is 2.59. The van der Waals surface area contributed by atoms with Gasteiger partial charge in [-0.25, -0.2) is 5.43 Å². The van der Waals surface area contributed by atoms with Crippen LogP contribution >= 0.6 is 0 Å². The number of nitrogens with zero attached hydrogens (tertiary/aromatic N) is 1. The number of aryl methyl sites for hydroxylation is 2. The molecule has 0 saturated carbocycles. The Labute approximate surface area is 120 Å². The van der Waals surface area contributed by atoms with E-state index in [2.05, 4.69) is 36.4 Å². The van der Waals surface area contributed by atoms with Crippen molar-refractivity contribution in [3.8, 4) is 5.75 Å². The number of ether oxygens (including phenoxy) is 1. The highest BCUT2D eigenvalue weighted by Gasteiger charge is 2.20. The van der Waals surface area contributed by atoms with Gasteiger partial charge in [-0.2, -0.15) is 0 Å². The van der Waals surface area contributed by atoms with Crippen molar-refractivity contribution in [2.75, 3.05) is 7.11 Å². The summed E-state index contributed by atoms with van der Waals surface area (Å²) in [5.41, 5.74) is 8.46. The molecule has 1 atom stereocenters. The van der Waals surface area contributed by atoms with E-state index in [1.54, 1.807) is 13.3 Å². The van der Waals surface area contributed by atoms with Crippen molar-refractivity contribution >= 4 is 0 Å². The summed E-state index contributed by atoms with van der Waals surface area (Å²) in [5.74, 6) is 6.67. The summed E-state index contributed by atoms with van der Waals surface area (Å²) in [6.07, 6.45) is 3.62. The molecule has 4 heteroatoms. The maximum Gasteiger partial charge on any atom is 0.127 e. The summed E-state index contributed by atoms with van der Waals surface area (Å²) in [4.78, 5) is 4.13. The van der Waals surface area contributed by atoms with E-state index >= 15 is 0 Å². The minimum absolute atomic E-state index is 0.118. The molecule has 2 rings (SSSR count). The van der Waals surface area contributed by atoms with Crippen molar-refractivity contribution in [3.63, 3.8) is 0 Å². The van der Waals surface area contributed by atoms with E-state index in [0.29, 0.717) is 0 Å². The van der Waals surface area contributed by atoms with Gasteiger partial charge in [-0.1, -0.05) is 12.1 Å². The zero-order valence-electron chi connectivity index (χ0n) is 12.4. The second-order valence-electron chi connectivity index (χ2n) is 4.96. The van der Waals surface area contributed by atoms with E-state index < -0.39 is 0 Å². The molecule has 0 aliphatic heterocycles. The molecule has 1 heterocycles. The van der Waals surface area contributed by atoms with Gasteiger partial charge in [0.1, 0.15) is 5.75 Å². The number of hydrazine groups is 1. The van der Waals surface area contributed by atoms with Gasteiger partial charge in [-0.05, 0) is 49.1 Å². The molecule has 0 bridgehead atoms. The zero-order valence-corrected chi connectivity index (χ0v) is 12.4. The van der Waals surface area contributed by atoms with E-state index in [4.69, 9.17) is 10.6 Å². The first-order valence-corrected chi connectivity index (χ1v) is 6.60. The van der Waals surface area contributed by atoms with Crippen molar-refractivity contribution < 1.29 is 4.74 Å². The molecule has 0 saturated heterocycles. The molecule has 0 amide bonds. The van der Waals surface area contributed by atoms with Gasteiger partial charge in [0.05, 0.1) is 13.2 Å². The summed E-state index contributed by atoms with van der Waals surface area (Å²) in [7, 11) is 1.69. The highest BCUT2D eigenvalue weighted by molar-refractivity contribution is 5.50. The molecule has 0 aliphatic carbocycles. The predicted octanol–water partition coefficient (Wildman–Crippen LogP) is 2.57. The lowest BCUT2D eigenvalue weighted by molar-refractivity contribution is 0.400. The molecular formula is C16H21N3O. The van der Waals surface area contributed by atoms with Gasteiger partial charge in [0.15, 0.2) is 0 Å². The lowest BCUT2D eigenvalue weighted by Crippen LogP contribution is -2.30. The van der Waals surface area contributed by atoms with Crippen LogP contribution in [0.3, 0.4) is 0 Å². The third-order valence-electron chi connectivity index (χ3n) is 3.76. The van der Waals surface area contributed by atoms with Crippen LogP contribution in [-0.2, 0) is 0 Å². The van der Waals surface area contributed by atoms with Gasteiger partial charge in [0.2, 0.25) is 0 Å². The highest BCUT2D eigenvalue weighted by Crippen LogP contribution is 2.34. The fraction of sp³-hybridized carbons (Fsp3) is 0.312. The summed E-state index contributed by atoms with van der Waals surface area (Å²) in [6.45, 7) is 6.16. The number of aromatic nitrogens is 1. The highest BCUT2D eigenvalue weighted by atomic mass is 16.5. The third-order valence-corrected chi connectivity index (χ3v) is 3.76.